The Hall–Kier alpha value is -0.470. The SMILES string of the molecule is OC[C@H]1O[C@@H](c2cc(Br)nc3cc(Cl)c(Cl)cc23)C(O)C1O. The smallest absolute Gasteiger partial charge is 0.113 e. The van der Waals surface area contributed by atoms with Crippen LogP contribution < -0.4 is 0 Å². The van der Waals surface area contributed by atoms with Crippen LogP contribution in [0, 0.1) is 0 Å². The van der Waals surface area contributed by atoms with Gasteiger partial charge in [0, 0.05) is 5.39 Å². The van der Waals surface area contributed by atoms with Crippen LogP contribution in [0.5, 0.6) is 0 Å². The van der Waals surface area contributed by atoms with Crippen molar-refractivity contribution in [3.63, 3.8) is 0 Å². The maximum atomic E-state index is 10.2. The van der Waals surface area contributed by atoms with E-state index in [0.29, 0.717) is 31.1 Å². The highest BCUT2D eigenvalue weighted by Gasteiger charge is 2.43. The van der Waals surface area contributed by atoms with Gasteiger partial charge in [0.2, 0.25) is 0 Å². The number of ether oxygens (including phenoxy) is 1. The van der Waals surface area contributed by atoms with Gasteiger partial charge in [0.15, 0.2) is 0 Å². The zero-order valence-electron chi connectivity index (χ0n) is 11.1. The van der Waals surface area contributed by atoms with E-state index in [9.17, 15) is 15.3 Å². The first-order valence-corrected chi connectivity index (χ1v) is 8.05. The van der Waals surface area contributed by atoms with E-state index >= 15 is 0 Å². The van der Waals surface area contributed by atoms with Crippen molar-refractivity contribution in [1.82, 2.24) is 4.98 Å². The summed E-state index contributed by atoms with van der Waals surface area (Å²) in [4.78, 5) is 4.32. The molecule has 2 heterocycles. The first-order valence-electron chi connectivity index (χ1n) is 6.50. The molecule has 0 bridgehead atoms. The number of rotatable bonds is 2. The van der Waals surface area contributed by atoms with Gasteiger partial charge in [0.25, 0.3) is 0 Å². The van der Waals surface area contributed by atoms with Crippen LogP contribution in [-0.2, 0) is 4.74 Å². The quantitative estimate of drug-likeness (QED) is 0.665. The molecule has 118 valence electrons. The third kappa shape index (κ3) is 2.73. The Balaban J connectivity index is 2.16. The maximum absolute atomic E-state index is 10.2. The van der Waals surface area contributed by atoms with Gasteiger partial charge in [-0.3, -0.25) is 0 Å². The average molecular weight is 409 g/mol. The minimum absolute atomic E-state index is 0.353. The van der Waals surface area contributed by atoms with Crippen LogP contribution >= 0.6 is 39.1 Å². The standard InChI is InChI=1S/C14H12BrCl2NO4/c15-11-2-6(14-13(21)12(20)10(4-19)22-14)5-1-7(16)8(17)3-9(5)18-11/h1-3,10,12-14,19-21H,4H2/t10-,12?,13?,14+/m1/s1. The van der Waals surface area contributed by atoms with E-state index in [2.05, 4.69) is 20.9 Å². The van der Waals surface area contributed by atoms with Gasteiger partial charge in [-0.05, 0) is 39.7 Å². The van der Waals surface area contributed by atoms with Crippen molar-refractivity contribution < 1.29 is 20.1 Å². The van der Waals surface area contributed by atoms with E-state index in [0.717, 1.165) is 0 Å². The lowest BCUT2D eigenvalue weighted by Crippen LogP contribution is -2.32. The van der Waals surface area contributed by atoms with E-state index in [1.807, 2.05) is 0 Å². The van der Waals surface area contributed by atoms with Crippen LogP contribution in [0.1, 0.15) is 11.7 Å². The van der Waals surface area contributed by atoms with Gasteiger partial charge in [-0.25, -0.2) is 4.98 Å². The Morgan fingerprint density at radius 3 is 2.45 bits per heavy atom. The number of benzene rings is 1. The fourth-order valence-corrected chi connectivity index (χ4v) is 3.36. The predicted octanol–water partition coefficient (Wildman–Crippen LogP) is 2.46. The molecule has 0 radical (unpaired) electrons. The Labute approximate surface area is 144 Å². The second-order valence-corrected chi connectivity index (χ2v) is 6.70. The van der Waals surface area contributed by atoms with Crippen molar-refractivity contribution >= 4 is 50.0 Å². The van der Waals surface area contributed by atoms with E-state index in [4.69, 9.17) is 27.9 Å². The molecule has 4 atom stereocenters. The molecule has 8 heteroatoms. The second-order valence-electron chi connectivity index (χ2n) is 5.08. The molecule has 1 aliphatic rings. The lowest BCUT2D eigenvalue weighted by atomic mass is 9.98. The molecular formula is C14H12BrCl2NO4. The summed E-state index contributed by atoms with van der Waals surface area (Å²) in [7, 11) is 0. The normalized spacial score (nSPS) is 28.5. The molecule has 0 amide bonds. The van der Waals surface area contributed by atoms with Crippen molar-refractivity contribution in [2.75, 3.05) is 6.61 Å². The molecule has 2 aromatic rings. The number of fused-ring (bicyclic) bond motifs is 1. The maximum Gasteiger partial charge on any atom is 0.113 e. The van der Waals surface area contributed by atoms with Gasteiger partial charge >= 0.3 is 0 Å². The summed E-state index contributed by atoms with van der Waals surface area (Å²) in [6.45, 7) is -0.383. The molecule has 3 rings (SSSR count). The Morgan fingerprint density at radius 1 is 1.14 bits per heavy atom. The average Bonchev–Trinajstić information content (AvgIpc) is 2.76. The van der Waals surface area contributed by atoms with Crippen molar-refractivity contribution in [3.8, 4) is 0 Å². The first-order chi connectivity index (χ1) is 10.4. The number of nitrogens with zero attached hydrogens (tertiary/aromatic N) is 1. The lowest BCUT2D eigenvalue weighted by Gasteiger charge is -2.18. The molecule has 0 saturated carbocycles. The fourth-order valence-electron chi connectivity index (χ4n) is 2.61. The fraction of sp³-hybridized carbons (Fsp3) is 0.357. The highest BCUT2D eigenvalue weighted by atomic mass is 79.9. The van der Waals surface area contributed by atoms with Gasteiger partial charge < -0.3 is 20.1 Å². The largest absolute Gasteiger partial charge is 0.394 e. The summed E-state index contributed by atoms with van der Waals surface area (Å²) >= 11 is 15.4. The zero-order chi connectivity index (χ0) is 16.0. The predicted molar refractivity (Wildman–Crippen MR) is 86.2 cm³/mol. The molecule has 1 aromatic heterocycles. The van der Waals surface area contributed by atoms with Gasteiger partial charge in [0.05, 0.1) is 22.2 Å². The van der Waals surface area contributed by atoms with Crippen molar-refractivity contribution in [2.45, 2.75) is 24.4 Å². The molecule has 1 fully saturated rings. The molecule has 22 heavy (non-hydrogen) atoms. The number of pyridine rings is 1. The summed E-state index contributed by atoms with van der Waals surface area (Å²) in [5, 5.41) is 30.7. The molecule has 5 nitrogen and oxygen atoms in total. The first kappa shape index (κ1) is 16.4. The second kappa shape index (κ2) is 6.20. The number of hydrogen-bond donors (Lipinski definition) is 3. The lowest BCUT2D eigenvalue weighted by molar-refractivity contribution is -0.0223. The zero-order valence-corrected chi connectivity index (χ0v) is 14.2. The van der Waals surface area contributed by atoms with Gasteiger partial charge in [-0.15, -0.1) is 0 Å². The van der Waals surface area contributed by atoms with E-state index in [1.54, 1.807) is 18.2 Å². The van der Waals surface area contributed by atoms with Crippen molar-refractivity contribution in [2.24, 2.45) is 0 Å². The van der Waals surface area contributed by atoms with Crippen LogP contribution in [0.2, 0.25) is 10.0 Å². The van der Waals surface area contributed by atoms with Gasteiger partial charge in [-0.1, -0.05) is 23.2 Å². The van der Waals surface area contributed by atoms with Crippen LogP contribution in [0.4, 0.5) is 0 Å². The number of halogens is 3. The third-order valence-corrected chi connectivity index (χ3v) is 4.83. The topological polar surface area (TPSA) is 82.8 Å². The number of aromatic nitrogens is 1. The van der Waals surface area contributed by atoms with E-state index in [1.165, 1.54) is 0 Å². The van der Waals surface area contributed by atoms with Gasteiger partial charge in [-0.2, -0.15) is 0 Å². The third-order valence-electron chi connectivity index (χ3n) is 3.70. The summed E-state index contributed by atoms with van der Waals surface area (Å²) in [6, 6.07) is 4.95. The Bertz CT molecular complexity index is 730. The van der Waals surface area contributed by atoms with Crippen molar-refractivity contribution in [1.29, 1.82) is 0 Å². The van der Waals surface area contributed by atoms with E-state index < -0.39 is 24.4 Å². The Kier molecular flexibility index (Phi) is 4.62. The molecule has 2 unspecified atom stereocenters. The summed E-state index contributed by atoms with van der Waals surface area (Å²) < 4.78 is 6.11. The highest BCUT2D eigenvalue weighted by molar-refractivity contribution is 9.10. The number of aliphatic hydroxyl groups is 3. The highest BCUT2D eigenvalue weighted by Crippen LogP contribution is 2.39. The van der Waals surface area contributed by atoms with Crippen LogP contribution in [0.25, 0.3) is 10.9 Å². The molecule has 0 aliphatic carbocycles. The summed E-state index contributed by atoms with van der Waals surface area (Å²) in [5.74, 6) is 0. The monoisotopic (exact) mass is 407 g/mol. The summed E-state index contributed by atoms with van der Waals surface area (Å²) in [5.41, 5.74) is 1.19. The summed E-state index contributed by atoms with van der Waals surface area (Å²) in [6.07, 6.45) is -3.97. The molecule has 1 aromatic carbocycles. The minimum Gasteiger partial charge on any atom is -0.394 e. The molecule has 0 spiro atoms. The molecular weight excluding hydrogens is 397 g/mol. The van der Waals surface area contributed by atoms with Gasteiger partial charge in [0.1, 0.15) is 29.0 Å². The Morgan fingerprint density at radius 2 is 1.82 bits per heavy atom. The number of hydrogen-bond acceptors (Lipinski definition) is 5. The van der Waals surface area contributed by atoms with Crippen LogP contribution in [0.3, 0.4) is 0 Å². The van der Waals surface area contributed by atoms with Crippen LogP contribution in [-0.4, -0.2) is 45.2 Å². The molecule has 3 N–H and O–H groups in total. The minimum atomic E-state index is -1.17. The van der Waals surface area contributed by atoms with Crippen LogP contribution in [0.15, 0.2) is 22.8 Å². The number of aliphatic hydroxyl groups excluding tert-OH is 3. The van der Waals surface area contributed by atoms with E-state index in [-0.39, 0.29) is 6.61 Å². The van der Waals surface area contributed by atoms with Crippen molar-refractivity contribution in [3.05, 3.63) is 38.4 Å². The molecule has 1 aliphatic heterocycles. The molecule has 1 saturated heterocycles.